The Hall–Kier alpha value is -7.01. The van der Waals surface area contributed by atoms with E-state index in [9.17, 15) is 0 Å². The Labute approximate surface area is 328 Å². The third kappa shape index (κ3) is 4.48. The van der Waals surface area contributed by atoms with E-state index in [1.165, 1.54) is 70.2 Å². The summed E-state index contributed by atoms with van der Waals surface area (Å²) in [4.78, 5) is 15.2. The van der Waals surface area contributed by atoms with Gasteiger partial charge in [0.1, 0.15) is 0 Å². The van der Waals surface area contributed by atoms with Crippen LogP contribution in [0.1, 0.15) is 22.3 Å². The summed E-state index contributed by atoms with van der Waals surface area (Å²) in [5.74, 6) is 1.98. The SMILES string of the molecule is c1ccc(-c2nc(-c3ccc(-c4ccc5c(c4)C4(c6ccccc6-c6ccccc64)c4ccccc4-5)cc3)nc(-c3ccc4c(c3)sc3ccccc34)n2)cc1. The number of fused-ring (bicyclic) bond motifs is 13. The normalized spacial score (nSPS) is 13.1. The summed E-state index contributed by atoms with van der Waals surface area (Å²) in [6.45, 7) is 0. The topological polar surface area (TPSA) is 38.7 Å². The Morgan fingerprint density at radius 3 is 1.43 bits per heavy atom. The van der Waals surface area contributed by atoms with Crippen LogP contribution in [0.4, 0.5) is 0 Å². The van der Waals surface area contributed by atoms with E-state index in [2.05, 4.69) is 170 Å². The minimum absolute atomic E-state index is 0.372. The lowest BCUT2D eigenvalue weighted by molar-refractivity contribution is 0.794. The van der Waals surface area contributed by atoms with Gasteiger partial charge in [-0.05, 0) is 73.8 Å². The Kier molecular flexibility index (Phi) is 6.72. The standard InChI is InChI=1S/C52H31N3S/c1-2-12-33(13-3-1)49-53-50(55-51(54-49)36-27-29-42-41-17-7-11-21-47(41)56-48(42)31-36)34-24-22-32(23-25-34)35-26-28-40-39-16-6-10-20-45(39)52(46(40)30-35)43-18-8-4-14-37(43)38-15-5-9-19-44(38)52/h1-31H. The van der Waals surface area contributed by atoms with Crippen molar-refractivity contribution in [3.8, 4) is 67.5 Å². The zero-order valence-electron chi connectivity index (χ0n) is 30.1. The third-order valence-corrected chi connectivity index (χ3v) is 12.9. The maximum Gasteiger partial charge on any atom is 0.164 e. The van der Waals surface area contributed by atoms with E-state index in [0.717, 1.165) is 22.3 Å². The molecule has 12 rings (SSSR count). The molecule has 0 N–H and O–H groups in total. The average molecular weight is 730 g/mol. The molecule has 0 saturated heterocycles. The number of thiophene rings is 1. The predicted molar refractivity (Wildman–Crippen MR) is 231 cm³/mol. The van der Waals surface area contributed by atoms with Crippen molar-refractivity contribution in [2.24, 2.45) is 0 Å². The molecule has 0 amide bonds. The molecule has 0 bridgehead atoms. The molecule has 1 spiro atoms. The van der Waals surface area contributed by atoms with E-state index in [-0.39, 0.29) is 5.41 Å². The van der Waals surface area contributed by atoms with Crippen LogP contribution < -0.4 is 0 Å². The quantitative estimate of drug-likeness (QED) is 0.181. The molecule has 0 fully saturated rings. The van der Waals surface area contributed by atoms with E-state index in [1.54, 1.807) is 11.3 Å². The summed E-state index contributed by atoms with van der Waals surface area (Å²) in [6.07, 6.45) is 0. The smallest absolute Gasteiger partial charge is 0.164 e. The molecule has 0 unspecified atom stereocenters. The van der Waals surface area contributed by atoms with E-state index < -0.39 is 0 Å². The second kappa shape index (κ2) is 12.0. The molecular weight excluding hydrogens is 699 g/mol. The first-order chi connectivity index (χ1) is 27.7. The fraction of sp³-hybridized carbons (Fsp3) is 0.0192. The van der Waals surface area contributed by atoms with E-state index in [1.807, 2.05) is 18.2 Å². The van der Waals surface area contributed by atoms with Crippen LogP contribution in [0, 0.1) is 0 Å². The molecular formula is C52H31N3S. The lowest BCUT2D eigenvalue weighted by Crippen LogP contribution is -2.25. The largest absolute Gasteiger partial charge is 0.208 e. The second-order valence-electron chi connectivity index (χ2n) is 14.7. The van der Waals surface area contributed by atoms with Crippen LogP contribution in [0.15, 0.2) is 188 Å². The molecule has 260 valence electrons. The van der Waals surface area contributed by atoms with Crippen LogP contribution in [-0.2, 0) is 5.41 Å². The van der Waals surface area contributed by atoms with Crippen molar-refractivity contribution >= 4 is 31.5 Å². The third-order valence-electron chi connectivity index (χ3n) is 11.8. The molecule has 2 aliphatic rings. The molecule has 10 aromatic rings. The Morgan fingerprint density at radius 1 is 0.304 bits per heavy atom. The summed E-state index contributed by atoms with van der Waals surface area (Å²) in [7, 11) is 0. The van der Waals surface area contributed by atoms with Gasteiger partial charge in [-0.3, -0.25) is 0 Å². The highest BCUT2D eigenvalue weighted by molar-refractivity contribution is 7.25. The highest BCUT2D eigenvalue weighted by Crippen LogP contribution is 2.63. The van der Waals surface area contributed by atoms with Gasteiger partial charge in [-0.15, -0.1) is 11.3 Å². The van der Waals surface area contributed by atoms with Crippen LogP contribution in [0.5, 0.6) is 0 Å². The first-order valence-corrected chi connectivity index (χ1v) is 19.8. The molecule has 0 atom stereocenters. The van der Waals surface area contributed by atoms with Crippen LogP contribution >= 0.6 is 11.3 Å². The van der Waals surface area contributed by atoms with E-state index in [4.69, 9.17) is 15.0 Å². The van der Waals surface area contributed by atoms with Gasteiger partial charge in [0.15, 0.2) is 17.5 Å². The molecule has 4 heteroatoms. The molecule has 0 aliphatic heterocycles. The number of benzene rings is 8. The van der Waals surface area contributed by atoms with Crippen molar-refractivity contribution in [1.29, 1.82) is 0 Å². The molecule has 3 nitrogen and oxygen atoms in total. The fourth-order valence-corrected chi connectivity index (χ4v) is 10.4. The number of hydrogen-bond donors (Lipinski definition) is 0. The molecule has 0 radical (unpaired) electrons. The summed E-state index contributed by atoms with van der Waals surface area (Å²) in [5.41, 5.74) is 15.5. The Morgan fingerprint density at radius 2 is 0.768 bits per heavy atom. The summed E-state index contributed by atoms with van der Waals surface area (Å²) >= 11 is 1.80. The summed E-state index contributed by atoms with van der Waals surface area (Å²) in [6, 6.07) is 68.0. The predicted octanol–water partition coefficient (Wildman–Crippen LogP) is 13.3. The zero-order chi connectivity index (χ0) is 36.8. The average Bonchev–Trinajstić information content (AvgIpc) is 3.90. The lowest BCUT2D eigenvalue weighted by atomic mass is 9.70. The van der Waals surface area contributed by atoms with Gasteiger partial charge in [-0.2, -0.15) is 0 Å². The maximum absolute atomic E-state index is 5.11. The van der Waals surface area contributed by atoms with Gasteiger partial charge in [0.25, 0.3) is 0 Å². The van der Waals surface area contributed by atoms with Crippen molar-refractivity contribution < 1.29 is 0 Å². The number of rotatable bonds is 4. The van der Waals surface area contributed by atoms with Crippen molar-refractivity contribution in [1.82, 2.24) is 15.0 Å². The molecule has 2 aliphatic carbocycles. The van der Waals surface area contributed by atoms with Gasteiger partial charge in [-0.1, -0.05) is 170 Å². The van der Waals surface area contributed by atoms with Crippen LogP contribution in [0.3, 0.4) is 0 Å². The van der Waals surface area contributed by atoms with Crippen molar-refractivity contribution in [3.63, 3.8) is 0 Å². The van der Waals surface area contributed by atoms with Gasteiger partial charge in [0.2, 0.25) is 0 Å². The Bertz CT molecular complexity index is 3130. The highest BCUT2D eigenvalue weighted by Gasteiger charge is 2.51. The molecule has 0 saturated carbocycles. The van der Waals surface area contributed by atoms with Crippen molar-refractivity contribution in [2.75, 3.05) is 0 Å². The molecule has 8 aromatic carbocycles. The summed E-state index contributed by atoms with van der Waals surface area (Å²) in [5, 5.41) is 2.53. The number of nitrogens with zero attached hydrogens (tertiary/aromatic N) is 3. The first kappa shape index (κ1) is 31.4. The van der Waals surface area contributed by atoms with Gasteiger partial charge in [0.05, 0.1) is 5.41 Å². The Balaban J connectivity index is 0.975. The fourth-order valence-electron chi connectivity index (χ4n) is 9.30. The van der Waals surface area contributed by atoms with E-state index >= 15 is 0 Å². The van der Waals surface area contributed by atoms with Gasteiger partial charge < -0.3 is 0 Å². The van der Waals surface area contributed by atoms with Crippen molar-refractivity contribution in [3.05, 3.63) is 210 Å². The number of aromatic nitrogens is 3. The monoisotopic (exact) mass is 729 g/mol. The highest BCUT2D eigenvalue weighted by atomic mass is 32.1. The van der Waals surface area contributed by atoms with Crippen LogP contribution in [0.2, 0.25) is 0 Å². The van der Waals surface area contributed by atoms with Gasteiger partial charge in [0, 0.05) is 36.9 Å². The second-order valence-corrected chi connectivity index (χ2v) is 15.8. The van der Waals surface area contributed by atoms with Crippen molar-refractivity contribution in [2.45, 2.75) is 5.41 Å². The summed E-state index contributed by atoms with van der Waals surface area (Å²) < 4.78 is 2.50. The molecule has 2 aromatic heterocycles. The van der Waals surface area contributed by atoms with Gasteiger partial charge >= 0.3 is 0 Å². The molecule has 56 heavy (non-hydrogen) atoms. The zero-order valence-corrected chi connectivity index (χ0v) is 31.0. The van der Waals surface area contributed by atoms with E-state index in [0.29, 0.717) is 17.5 Å². The minimum atomic E-state index is -0.372. The molecule has 2 heterocycles. The number of hydrogen-bond acceptors (Lipinski definition) is 4. The van der Waals surface area contributed by atoms with Gasteiger partial charge in [-0.25, -0.2) is 15.0 Å². The van der Waals surface area contributed by atoms with Crippen LogP contribution in [-0.4, -0.2) is 15.0 Å². The lowest BCUT2D eigenvalue weighted by Gasteiger charge is -2.30. The maximum atomic E-state index is 5.11. The minimum Gasteiger partial charge on any atom is -0.208 e. The first-order valence-electron chi connectivity index (χ1n) is 19.0. The van der Waals surface area contributed by atoms with Crippen LogP contribution in [0.25, 0.3) is 87.7 Å².